The average molecular weight is 709 g/mol. The molecule has 1 saturated carbocycles. The maximum atomic E-state index is 13.6. The predicted molar refractivity (Wildman–Crippen MR) is 170 cm³/mol. The number of aliphatic hydroxyl groups is 1. The highest BCUT2D eigenvalue weighted by Gasteiger charge is 2.44. The summed E-state index contributed by atoms with van der Waals surface area (Å²) >= 11 is 0. The van der Waals surface area contributed by atoms with E-state index >= 15 is 0 Å². The van der Waals surface area contributed by atoms with Gasteiger partial charge in [0.15, 0.2) is 5.82 Å². The topological polar surface area (TPSA) is 116 Å². The van der Waals surface area contributed by atoms with E-state index in [2.05, 4.69) is 0 Å². The number of carboxylic acid groups (broad SMARTS) is 1. The Bertz CT molecular complexity index is 1640. The Kier molecular flexibility index (Phi) is 10.9. The normalized spacial score (nSPS) is 21.3. The highest BCUT2D eigenvalue weighted by Crippen LogP contribution is 2.41. The van der Waals surface area contributed by atoms with E-state index in [0.717, 1.165) is 25.7 Å². The molecule has 2 fully saturated rings. The molecular weight excluding hydrogens is 670 g/mol. The molecule has 1 aliphatic carbocycles. The van der Waals surface area contributed by atoms with Crippen molar-refractivity contribution in [2.75, 3.05) is 18.0 Å². The van der Waals surface area contributed by atoms with Crippen LogP contribution in [0.3, 0.4) is 0 Å². The van der Waals surface area contributed by atoms with Crippen molar-refractivity contribution in [1.29, 1.82) is 0 Å². The zero-order chi connectivity index (χ0) is 36.4. The molecule has 1 saturated heterocycles. The maximum absolute atomic E-state index is 13.6. The van der Waals surface area contributed by atoms with Crippen molar-refractivity contribution in [2.24, 2.45) is 11.8 Å². The van der Waals surface area contributed by atoms with Gasteiger partial charge in [-0.2, -0.15) is 26.3 Å². The van der Waals surface area contributed by atoms with Crippen LogP contribution in [0.5, 0.6) is 0 Å². The van der Waals surface area contributed by atoms with Crippen LogP contribution >= 0.6 is 0 Å². The number of ether oxygens (including phenoxy) is 1. The molecule has 9 nitrogen and oxygen atoms in total. The Morgan fingerprint density at radius 1 is 0.980 bits per heavy atom. The van der Waals surface area contributed by atoms with E-state index in [0.29, 0.717) is 53.6 Å². The number of anilines is 1. The Morgan fingerprint density at radius 2 is 1.58 bits per heavy atom. The monoisotopic (exact) mass is 708 g/mol. The van der Waals surface area contributed by atoms with Crippen molar-refractivity contribution in [3.8, 4) is 11.3 Å². The fraction of sp³-hybridized carbons (Fsp3) is 0.486. The highest BCUT2D eigenvalue weighted by molar-refractivity contribution is 5.71. The molecule has 2 atom stereocenters. The lowest BCUT2D eigenvalue weighted by Crippen LogP contribution is -2.36. The van der Waals surface area contributed by atoms with Gasteiger partial charge >= 0.3 is 24.4 Å². The first-order chi connectivity index (χ1) is 23.6. The summed E-state index contributed by atoms with van der Waals surface area (Å²) in [7, 11) is 0. The molecular formula is C35H38F6N4O5. The molecule has 3 aromatic rings. The van der Waals surface area contributed by atoms with Gasteiger partial charge < -0.3 is 19.8 Å². The van der Waals surface area contributed by atoms with E-state index in [1.165, 1.54) is 11.8 Å². The minimum Gasteiger partial charge on any atom is -0.481 e. The number of hydrogen-bond acceptors (Lipinski definition) is 7. The number of benzene rings is 2. The van der Waals surface area contributed by atoms with Gasteiger partial charge in [0.05, 0.1) is 42.2 Å². The van der Waals surface area contributed by atoms with Crippen LogP contribution in [-0.4, -0.2) is 56.3 Å². The third-order valence-electron chi connectivity index (χ3n) is 9.50. The smallest absolute Gasteiger partial charge is 0.416 e. The molecule has 270 valence electrons. The van der Waals surface area contributed by atoms with Gasteiger partial charge in [-0.1, -0.05) is 24.3 Å². The number of rotatable bonds is 11. The van der Waals surface area contributed by atoms with E-state index in [1.807, 2.05) is 11.8 Å². The zero-order valence-corrected chi connectivity index (χ0v) is 27.5. The molecule has 15 heteroatoms. The van der Waals surface area contributed by atoms with Crippen molar-refractivity contribution >= 4 is 17.9 Å². The molecule has 2 N–H and O–H groups in total. The van der Waals surface area contributed by atoms with Crippen LogP contribution in [0.1, 0.15) is 80.0 Å². The molecule has 1 amide bonds. The van der Waals surface area contributed by atoms with E-state index in [4.69, 9.17) is 14.7 Å². The fourth-order valence-electron chi connectivity index (χ4n) is 6.72. The fourth-order valence-corrected chi connectivity index (χ4v) is 6.72. The summed E-state index contributed by atoms with van der Waals surface area (Å²) in [6.07, 6.45) is -7.60. The van der Waals surface area contributed by atoms with Crippen molar-refractivity contribution in [3.05, 3.63) is 76.6 Å². The summed E-state index contributed by atoms with van der Waals surface area (Å²) in [4.78, 5) is 37.3. The van der Waals surface area contributed by atoms with E-state index in [9.17, 15) is 46.1 Å². The highest BCUT2D eigenvalue weighted by atomic mass is 19.4. The lowest BCUT2D eigenvalue weighted by atomic mass is 9.80. The summed E-state index contributed by atoms with van der Waals surface area (Å²) in [6, 6.07) is 7.13. The van der Waals surface area contributed by atoms with Gasteiger partial charge in [-0.3, -0.25) is 9.69 Å². The van der Waals surface area contributed by atoms with Crippen LogP contribution in [0, 0.1) is 11.8 Å². The van der Waals surface area contributed by atoms with Crippen molar-refractivity contribution in [1.82, 2.24) is 14.9 Å². The number of nitrogens with zero attached hydrogens (tertiary/aromatic N) is 4. The standard InChI is InChI=1S/C35H38F6N4O5/c1-3-44(17-22-6-4-21(5-7-22)12-30(47)48)32-29(43-28(16-42-32)24-10-8-23(19-46)9-11-24)18-45-20(2)31(50-33(45)49)25-13-26(34(36,37)38)15-27(14-25)35(39,40)41/h8-11,13-16,20-22,31,46H,3-7,12,17-19H2,1-2H3,(H,47,48)/t20-,21?,22?,31-/m0/s1. The number of aliphatic hydroxyl groups excluding tert-OH is 1. The minimum atomic E-state index is -5.07. The van der Waals surface area contributed by atoms with Crippen LogP contribution in [0.2, 0.25) is 0 Å². The largest absolute Gasteiger partial charge is 0.481 e. The first-order valence-corrected chi connectivity index (χ1v) is 16.4. The molecule has 0 radical (unpaired) electrons. The molecule has 1 aromatic heterocycles. The van der Waals surface area contributed by atoms with Crippen LogP contribution < -0.4 is 4.90 Å². The molecule has 2 heterocycles. The van der Waals surface area contributed by atoms with E-state index in [-0.39, 0.29) is 37.5 Å². The number of carbonyl (C=O) groups is 2. The minimum absolute atomic E-state index is 0.0289. The number of aliphatic carboxylic acids is 1. The Labute approximate surface area is 284 Å². The predicted octanol–water partition coefficient (Wildman–Crippen LogP) is 7.86. The number of halogens is 6. The Balaban J connectivity index is 1.46. The molecule has 0 spiro atoms. The van der Waals surface area contributed by atoms with Crippen LogP contribution in [0.25, 0.3) is 11.3 Å². The summed E-state index contributed by atoms with van der Waals surface area (Å²) in [5.74, 6) is -0.00682. The van der Waals surface area contributed by atoms with Gasteiger partial charge in [0.2, 0.25) is 0 Å². The molecule has 2 aromatic carbocycles. The van der Waals surface area contributed by atoms with E-state index in [1.54, 1.807) is 30.5 Å². The van der Waals surface area contributed by atoms with Gasteiger partial charge in [0.25, 0.3) is 0 Å². The molecule has 2 aliphatic rings. The number of amides is 1. The van der Waals surface area contributed by atoms with Crippen LogP contribution in [0.4, 0.5) is 37.0 Å². The summed E-state index contributed by atoms with van der Waals surface area (Å²) in [6.45, 7) is 4.14. The Hall–Kier alpha value is -4.40. The molecule has 0 unspecified atom stereocenters. The SMILES string of the molecule is CCN(CC1CCC(CC(=O)O)CC1)c1ncc(-c2ccc(CO)cc2)nc1CN1C(=O)O[C@H](c2cc(C(F)(F)F)cc(C(F)(F)F)c2)[C@@H]1C. The second-order valence-electron chi connectivity index (χ2n) is 12.9. The van der Waals surface area contributed by atoms with Gasteiger partial charge in [-0.15, -0.1) is 0 Å². The third kappa shape index (κ3) is 8.48. The van der Waals surface area contributed by atoms with Crippen molar-refractivity contribution in [2.45, 2.75) is 83.6 Å². The quantitative estimate of drug-likeness (QED) is 0.194. The first-order valence-electron chi connectivity index (χ1n) is 16.4. The zero-order valence-electron chi connectivity index (χ0n) is 27.5. The molecule has 0 bridgehead atoms. The second-order valence-corrected chi connectivity index (χ2v) is 12.9. The van der Waals surface area contributed by atoms with Crippen molar-refractivity contribution < 1.29 is 50.9 Å². The number of carboxylic acids is 1. The van der Waals surface area contributed by atoms with Gasteiger partial charge in [0.1, 0.15) is 11.8 Å². The van der Waals surface area contributed by atoms with E-state index < -0.39 is 53.3 Å². The number of hydrogen-bond donors (Lipinski definition) is 2. The molecule has 1 aliphatic heterocycles. The number of alkyl halides is 6. The van der Waals surface area contributed by atoms with Gasteiger partial charge in [-0.05, 0) is 80.7 Å². The lowest BCUT2D eigenvalue weighted by Gasteiger charge is -2.33. The van der Waals surface area contributed by atoms with Gasteiger partial charge in [0, 0.05) is 25.1 Å². The summed E-state index contributed by atoms with van der Waals surface area (Å²) in [5, 5.41) is 18.6. The number of cyclic esters (lactones) is 1. The average Bonchev–Trinajstić information content (AvgIpc) is 3.35. The number of aromatic nitrogens is 2. The second kappa shape index (κ2) is 14.8. The molecule has 5 rings (SSSR count). The van der Waals surface area contributed by atoms with Crippen molar-refractivity contribution in [3.63, 3.8) is 0 Å². The lowest BCUT2D eigenvalue weighted by molar-refractivity contribution is -0.143. The maximum Gasteiger partial charge on any atom is 0.416 e. The summed E-state index contributed by atoms with van der Waals surface area (Å²) in [5.41, 5.74) is -1.31. The van der Waals surface area contributed by atoms with Crippen LogP contribution in [0.15, 0.2) is 48.7 Å². The van der Waals surface area contributed by atoms with Crippen LogP contribution in [-0.2, 0) is 35.0 Å². The summed E-state index contributed by atoms with van der Waals surface area (Å²) < 4.78 is 87.2. The van der Waals surface area contributed by atoms with Gasteiger partial charge in [-0.25, -0.2) is 14.8 Å². The first kappa shape index (κ1) is 36.9. The Morgan fingerprint density at radius 3 is 2.12 bits per heavy atom. The third-order valence-corrected chi connectivity index (χ3v) is 9.50. The number of carbonyl (C=O) groups excluding carboxylic acids is 1. The molecule has 50 heavy (non-hydrogen) atoms.